The molecule has 1 heterocycles. The zero-order chi connectivity index (χ0) is 19.1. The van der Waals surface area contributed by atoms with Gasteiger partial charge in [0.15, 0.2) is 11.0 Å². The average molecular weight is 379 g/mol. The monoisotopic (exact) mass is 379 g/mol. The zero-order valence-corrected chi connectivity index (χ0v) is 14.8. The summed E-state index contributed by atoms with van der Waals surface area (Å²) in [5.41, 5.74) is 4.94. The first kappa shape index (κ1) is 19.4. The van der Waals surface area contributed by atoms with Crippen molar-refractivity contribution in [3.05, 3.63) is 48.6 Å². The van der Waals surface area contributed by atoms with Gasteiger partial charge in [0.1, 0.15) is 18.2 Å². The van der Waals surface area contributed by atoms with E-state index in [0.29, 0.717) is 23.3 Å². The van der Waals surface area contributed by atoms with Gasteiger partial charge in [-0.25, -0.2) is 9.18 Å². The number of urea groups is 1. The molecule has 10 heteroatoms. The third kappa shape index (κ3) is 5.31. The average Bonchev–Trinajstić information content (AvgIpc) is 2.96. The standard InChI is InChI=1S/C16H18FN5O3S/c1-3-8-22-13(9-25-12-6-4-11(17)5-7-12)20-21-16(22)26-10(2)14(23)19-15(18)24/h3-7,10H,1,8-9H2,2H3,(H3,18,19,23,24). The smallest absolute Gasteiger partial charge is 0.318 e. The number of nitrogens with two attached hydrogens (primary N) is 1. The van der Waals surface area contributed by atoms with Gasteiger partial charge < -0.3 is 10.5 Å². The second-order valence-corrected chi connectivity index (χ2v) is 6.46. The van der Waals surface area contributed by atoms with E-state index in [1.807, 2.05) is 5.32 Å². The van der Waals surface area contributed by atoms with E-state index in [0.717, 1.165) is 11.8 Å². The van der Waals surface area contributed by atoms with Crippen molar-refractivity contribution in [2.45, 2.75) is 30.5 Å². The van der Waals surface area contributed by atoms with Gasteiger partial charge in [-0.1, -0.05) is 17.8 Å². The van der Waals surface area contributed by atoms with Crippen molar-refractivity contribution in [2.24, 2.45) is 5.73 Å². The van der Waals surface area contributed by atoms with Crippen molar-refractivity contribution in [3.63, 3.8) is 0 Å². The van der Waals surface area contributed by atoms with E-state index in [-0.39, 0.29) is 12.4 Å². The number of benzene rings is 1. The molecule has 1 unspecified atom stereocenters. The number of ether oxygens (including phenoxy) is 1. The molecule has 138 valence electrons. The molecule has 0 radical (unpaired) electrons. The highest BCUT2D eigenvalue weighted by molar-refractivity contribution is 8.00. The molecule has 1 aromatic carbocycles. The first-order chi connectivity index (χ1) is 12.4. The number of thioether (sulfide) groups is 1. The van der Waals surface area contributed by atoms with E-state index in [9.17, 15) is 14.0 Å². The molecular weight excluding hydrogens is 361 g/mol. The summed E-state index contributed by atoms with van der Waals surface area (Å²) in [5.74, 6) is 0.121. The van der Waals surface area contributed by atoms with Gasteiger partial charge in [0.05, 0.1) is 5.25 Å². The molecule has 26 heavy (non-hydrogen) atoms. The highest BCUT2D eigenvalue weighted by Gasteiger charge is 2.20. The normalized spacial score (nSPS) is 11.6. The van der Waals surface area contributed by atoms with Crippen molar-refractivity contribution < 1.29 is 18.7 Å². The highest BCUT2D eigenvalue weighted by atomic mass is 32.2. The van der Waals surface area contributed by atoms with Crippen LogP contribution in [0.15, 0.2) is 42.1 Å². The first-order valence-corrected chi connectivity index (χ1v) is 8.47. The lowest BCUT2D eigenvalue weighted by Crippen LogP contribution is -2.39. The Labute approximate surface area is 153 Å². The fourth-order valence-corrected chi connectivity index (χ4v) is 2.82. The molecule has 0 fully saturated rings. The number of nitrogens with zero attached hydrogens (tertiary/aromatic N) is 3. The minimum atomic E-state index is -0.914. The van der Waals surface area contributed by atoms with Gasteiger partial charge in [0, 0.05) is 6.54 Å². The maximum atomic E-state index is 12.9. The summed E-state index contributed by atoms with van der Waals surface area (Å²) in [6.45, 7) is 5.82. The minimum Gasteiger partial charge on any atom is -0.486 e. The number of primary amides is 1. The molecule has 8 nitrogen and oxygen atoms in total. The number of hydrogen-bond donors (Lipinski definition) is 2. The van der Waals surface area contributed by atoms with E-state index in [1.165, 1.54) is 24.3 Å². The predicted octanol–water partition coefficient (Wildman–Crippen LogP) is 1.86. The minimum absolute atomic E-state index is 0.106. The van der Waals surface area contributed by atoms with Crippen LogP contribution in [0.3, 0.4) is 0 Å². The van der Waals surface area contributed by atoms with Crippen molar-refractivity contribution in [3.8, 4) is 5.75 Å². The summed E-state index contributed by atoms with van der Waals surface area (Å²) in [6.07, 6.45) is 1.66. The summed E-state index contributed by atoms with van der Waals surface area (Å²) in [6, 6.07) is 4.70. The van der Waals surface area contributed by atoms with Gasteiger partial charge in [0.2, 0.25) is 5.91 Å². The maximum Gasteiger partial charge on any atom is 0.318 e. The molecule has 0 aliphatic heterocycles. The Balaban J connectivity index is 2.08. The number of allylic oxidation sites excluding steroid dienone is 1. The molecule has 3 amide bonds. The highest BCUT2D eigenvalue weighted by Crippen LogP contribution is 2.23. The van der Waals surface area contributed by atoms with E-state index in [2.05, 4.69) is 16.8 Å². The number of amides is 3. The summed E-state index contributed by atoms with van der Waals surface area (Å²) >= 11 is 1.12. The molecule has 3 N–H and O–H groups in total. The predicted molar refractivity (Wildman–Crippen MR) is 94.0 cm³/mol. The number of imide groups is 1. The van der Waals surface area contributed by atoms with Crippen LogP contribution in [0.1, 0.15) is 12.7 Å². The van der Waals surface area contributed by atoms with Gasteiger partial charge in [-0.15, -0.1) is 16.8 Å². The first-order valence-electron chi connectivity index (χ1n) is 7.59. The van der Waals surface area contributed by atoms with Crippen LogP contribution in [0, 0.1) is 5.82 Å². The van der Waals surface area contributed by atoms with Crippen LogP contribution < -0.4 is 15.8 Å². The van der Waals surface area contributed by atoms with Crippen molar-refractivity contribution in [1.29, 1.82) is 0 Å². The van der Waals surface area contributed by atoms with Crippen LogP contribution >= 0.6 is 11.8 Å². The molecule has 0 spiro atoms. The van der Waals surface area contributed by atoms with Gasteiger partial charge in [-0.2, -0.15) is 0 Å². The maximum absolute atomic E-state index is 12.9. The molecule has 1 aromatic heterocycles. The van der Waals surface area contributed by atoms with E-state index in [1.54, 1.807) is 17.6 Å². The quantitative estimate of drug-likeness (QED) is 0.535. The Hall–Kier alpha value is -2.88. The third-order valence-electron chi connectivity index (χ3n) is 3.18. The summed E-state index contributed by atoms with van der Waals surface area (Å²) in [5, 5.41) is 9.99. The Kier molecular flexibility index (Phi) is 6.73. The number of aromatic nitrogens is 3. The number of rotatable bonds is 8. The van der Waals surface area contributed by atoms with E-state index < -0.39 is 17.2 Å². The van der Waals surface area contributed by atoms with Crippen LogP contribution in [0.4, 0.5) is 9.18 Å². The van der Waals surface area contributed by atoms with Crippen LogP contribution in [-0.4, -0.2) is 32.0 Å². The SMILES string of the molecule is C=CCn1c(COc2ccc(F)cc2)nnc1SC(C)C(=O)NC(N)=O. The fraction of sp³-hybridized carbons (Fsp3) is 0.250. The van der Waals surface area contributed by atoms with Crippen LogP contribution in [-0.2, 0) is 17.9 Å². The van der Waals surface area contributed by atoms with Crippen LogP contribution in [0.25, 0.3) is 0 Å². The summed E-state index contributed by atoms with van der Waals surface area (Å²) < 4.78 is 20.2. The molecule has 2 aromatic rings. The summed E-state index contributed by atoms with van der Waals surface area (Å²) in [7, 11) is 0. The van der Waals surface area contributed by atoms with Crippen LogP contribution in [0.5, 0.6) is 5.75 Å². The largest absolute Gasteiger partial charge is 0.486 e. The molecule has 0 aliphatic carbocycles. The number of halogens is 1. The van der Waals surface area contributed by atoms with E-state index in [4.69, 9.17) is 10.5 Å². The zero-order valence-electron chi connectivity index (χ0n) is 14.0. The van der Waals surface area contributed by atoms with E-state index >= 15 is 0 Å². The molecule has 0 saturated carbocycles. The second-order valence-electron chi connectivity index (χ2n) is 5.15. The Morgan fingerprint density at radius 2 is 2.12 bits per heavy atom. The number of nitrogens with one attached hydrogen (secondary N) is 1. The molecule has 2 rings (SSSR count). The number of hydrogen-bond acceptors (Lipinski definition) is 6. The van der Waals surface area contributed by atoms with Gasteiger partial charge in [-0.3, -0.25) is 14.7 Å². The lowest BCUT2D eigenvalue weighted by Gasteiger charge is -2.12. The molecule has 1 atom stereocenters. The molecule has 0 aliphatic rings. The third-order valence-corrected chi connectivity index (χ3v) is 4.26. The van der Waals surface area contributed by atoms with Gasteiger partial charge in [0.25, 0.3) is 0 Å². The van der Waals surface area contributed by atoms with Gasteiger partial charge in [-0.05, 0) is 31.2 Å². The Bertz CT molecular complexity index is 794. The Morgan fingerprint density at radius 3 is 2.73 bits per heavy atom. The fourth-order valence-electron chi connectivity index (χ4n) is 1.94. The second kappa shape index (κ2) is 8.99. The number of carbonyl (C=O) groups is 2. The molecule has 0 saturated heterocycles. The van der Waals surface area contributed by atoms with Gasteiger partial charge >= 0.3 is 6.03 Å². The van der Waals surface area contributed by atoms with Crippen molar-refractivity contribution in [2.75, 3.05) is 0 Å². The lowest BCUT2D eigenvalue weighted by atomic mass is 10.3. The molecular formula is C16H18FN5O3S. The topological polar surface area (TPSA) is 112 Å². The lowest BCUT2D eigenvalue weighted by molar-refractivity contribution is -0.119. The van der Waals surface area contributed by atoms with Crippen LogP contribution in [0.2, 0.25) is 0 Å². The Morgan fingerprint density at radius 1 is 1.42 bits per heavy atom. The molecule has 0 bridgehead atoms. The summed E-state index contributed by atoms with van der Waals surface area (Å²) in [4.78, 5) is 22.6. The van der Waals surface area contributed by atoms with Crippen molar-refractivity contribution >= 4 is 23.7 Å². The number of carbonyl (C=O) groups excluding carboxylic acids is 2. The van der Waals surface area contributed by atoms with Crippen molar-refractivity contribution in [1.82, 2.24) is 20.1 Å².